The molecule has 0 aliphatic heterocycles. The highest BCUT2D eigenvalue weighted by atomic mass is 14.7. The maximum atomic E-state index is 4.93. The summed E-state index contributed by atoms with van der Waals surface area (Å²) in [4.78, 5) is 4.93. The Labute approximate surface area is 214 Å². The van der Waals surface area contributed by atoms with Gasteiger partial charge in [0.15, 0.2) is 0 Å². The van der Waals surface area contributed by atoms with Crippen LogP contribution in [-0.2, 0) is 5.41 Å². The molecule has 0 bridgehead atoms. The minimum atomic E-state index is -0.114. The number of pyridine rings is 1. The van der Waals surface area contributed by atoms with Crippen LogP contribution in [0.15, 0.2) is 103 Å². The van der Waals surface area contributed by atoms with E-state index in [0.717, 1.165) is 5.69 Å². The predicted octanol–water partition coefficient (Wildman–Crippen LogP) is 9.52. The first kappa shape index (κ1) is 22.5. The van der Waals surface area contributed by atoms with Crippen molar-refractivity contribution in [2.75, 3.05) is 0 Å². The lowest BCUT2D eigenvalue weighted by molar-refractivity contribution is 0.706. The molecule has 0 N–H and O–H groups in total. The summed E-state index contributed by atoms with van der Waals surface area (Å²) in [5, 5.41) is 2.44. The van der Waals surface area contributed by atoms with Crippen LogP contribution in [0.25, 0.3) is 44.8 Å². The van der Waals surface area contributed by atoms with Crippen molar-refractivity contribution in [1.29, 1.82) is 0 Å². The van der Waals surface area contributed by atoms with Crippen LogP contribution < -0.4 is 0 Å². The largest absolute Gasteiger partial charge is 0.256 e. The molecule has 6 rings (SSSR count). The number of allylic oxidation sites excluding steroid dienone is 1. The van der Waals surface area contributed by atoms with Gasteiger partial charge in [0.1, 0.15) is 0 Å². The van der Waals surface area contributed by atoms with E-state index in [1.54, 1.807) is 0 Å². The average molecular weight is 466 g/mol. The average Bonchev–Trinajstić information content (AvgIpc) is 3.18. The molecule has 1 nitrogen and oxygen atoms in total. The van der Waals surface area contributed by atoms with Crippen molar-refractivity contribution in [2.45, 2.75) is 39.0 Å². The summed E-state index contributed by atoms with van der Waals surface area (Å²) < 4.78 is 0. The van der Waals surface area contributed by atoms with Gasteiger partial charge in [0.25, 0.3) is 0 Å². The zero-order valence-electron chi connectivity index (χ0n) is 21.4. The zero-order chi connectivity index (χ0) is 24.9. The van der Waals surface area contributed by atoms with Gasteiger partial charge in [0, 0.05) is 22.6 Å². The highest BCUT2D eigenvalue weighted by Crippen LogP contribution is 2.51. The standard InChI is InChI=1S/C35H31N/c1-23(2)27-16-15-25-17-18-36-34(31(25)20-27)29-19-28-22-32(26-13-9-6-10-14-26)35(3,4)33(28)30(21-29)24-11-7-5-8-12-24/h5-23H,1-4H3. The molecule has 0 atom stereocenters. The van der Waals surface area contributed by atoms with Gasteiger partial charge in [-0.25, -0.2) is 0 Å². The fourth-order valence-electron chi connectivity index (χ4n) is 5.77. The fraction of sp³-hybridized carbons (Fsp3) is 0.171. The van der Waals surface area contributed by atoms with E-state index in [1.165, 1.54) is 55.3 Å². The van der Waals surface area contributed by atoms with Crippen molar-refractivity contribution < 1.29 is 0 Å². The molecule has 0 unspecified atom stereocenters. The van der Waals surface area contributed by atoms with Gasteiger partial charge >= 0.3 is 0 Å². The van der Waals surface area contributed by atoms with Gasteiger partial charge in [-0.05, 0) is 80.6 Å². The predicted molar refractivity (Wildman–Crippen MR) is 154 cm³/mol. The Hall–Kier alpha value is -3.97. The highest BCUT2D eigenvalue weighted by molar-refractivity contribution is 6.01. The topological polar surface area (TPSA) is 12.9 Å². The van der Waals surface area contributed by atoms with E-state index in [9.17, 15) is 0 Å². The van der Waals surface area contributed by atoms with Crippen molar-refractivity contribution in [3.8, 4) is 22.4 Å². The Morgan fingerprint density at radius 1 is 0.694 bits per heavy atom. The van der Waals surface area contributed by atoms with E-state index < -0.39 is 0 Å². The summed E-state index contributed by atoms with van der Waals surface area (Å²) in [5.74, 6) is 0.472. The molecule has 1 aromatic heterocycles. The van der Waals surface area contributed by atoms with Crippen LogP contribution in [0, 0.1) is 0 Å². The number of nitrogens with zero attached hydrogens (tertiary/aromatic N) is 1. The van der Waals surface area contributed by atoms with E-state index in [2.05, 4.69) is 131 Å². The van der Waals surface area contributed by atoms with E-state index in [4.69, 9.17) is 4.98 Å². The number of hydrogen-bond acceptors (Lipinski definition) is 1. The highest BCUT2D eigenvalue weighted by Gasteiger charge is 2.36. The van der Waals surface area contributed by atoms with E-state index in [0.29, 0.717) is 5.92 Å². The van der Waals surface area contributed by atoms with Crippen molar-refractivity contribution in [2.24, 2.45) is 0 Å². The van der Waals surface area contributed by atoms with Crippen LogP contribution in [0.4, 0.5) is 0 Å². The molecule has 0 radical (unpaired) electrons. The molecule has 1 heterocycles. The van der Waals surface area contributed by atoms with Crippen LogP contribution in [0.3, 0.4) is 0 Å². The van der Waals surface area contributed by atoms with Crippen LogP contribution in [-0.4, -0.2) is 4.98 Å². The van der Waals surface area contributed by atoms with E-state index >= 15 is 0 Å². The molecule has 0 amide bonds. The molecule has 0 fully saturated rings. The number of hydrogen-bond donors (Lipinski definition) is 0. The Morgan fingerprint density at radius 2 is 1.39 bits per heavy atom. The maximum Gasteiger partial charge on any atom is 0.0780 e. The smallest absolute Gasteiger partial charge is 0.0780 e. The first-order chi connectivity index (χ1) is 17.4. The number of fused-ring (bicyclic) bond motifs is 2. The second kappa shape index (κ2) is 8.60. The summed E-state index contributed by atoms with van der Waals surface area (Å²) in [5.41, 5.74) is 11.3. The van der Waals surface area contributed by atoms with Gasteiger partial charge in [-0.1, -0.05) is 100 Å². The third kappa shape index (κ3) is 3.67. The van der Waals surface area contributed by atoms with Gasteiger partial charge in [0.2, 0.25) is 0 Å². The number of rotatable bonds is 4. The van der Waals surface area contributed by atoms with Crippen molar-refractivity contribution in [3.63, 3.8) is 0 Å². The normalized spacial score (nSPS) is 14.2. The SMILES string of the molecule is CC(C)c1ccc2ccnc(-c3cc4c(c(-c5ccccc5)c3)C(C)(C)C(c3ccccc3)=C4)c2c1. The second-order valence-corrected chi connectivity index (χ2v) is 10.7. The molecule has 1 heteroatoms. The van der Waals surface area contributed by atoms with E-state index in [1.807, 2.05) is 6.20 Å². The Morgan fingerprint density at radius 3 is 2.08 bits per heavy atom. The summed E-state index contributed by atoms with van der Waals surface area (Å²) in [6, 6.07) is 35.2. The second-order valence-electron chi connectivity index (χ2n) is 10.7. The van der Waals surface area contributed by atoms with Gasteiger partial charge in [0.05, 0.1) is 5.69 Å². The molecule has 0 saturated carbocycles. The van der Waals surface area contributed by atoms with Crippen LogP contribution in [0.1, 0.15) is 55.9 Å². The van der Waals surface area contributed by atoms with E-state index in [-0.39, 0.29) is 5.41 Å². The minimum Gasteiger partial charge on any atom is -0.256 e. The molecule has 1 aliphatic rings. The van der Waals surface area contributed by atoms with Crippen molar-refractivity contribution in [3.05, 3.63) is 126 Å². The monoisotopic (exact) mass is 465 g/mol. The van der Waals surface area contributed by atoms with Gasteiger partial charge < -0.3 is 0 Å². The number of aromatic nitrogens is 1. The Kier molecular flexibility index (Phi) is 5.38. The first-order valence-corrected chi connectivity index (χ1v) is 12.8. The fourth-order valence-corrected chi connectivity index (χ4v) is 5.77. The molecule has 1 aliphatic carbocycles. The lowest BCUT2D eigenvalue weighted by Crippen LogP contribution is -2.17. The van der Waals surface area contributed by atoms with Crippen LogP contribution in [0.5, 0.6) is 0 Å². The molecular weight excluding hydrogens is 434 g/mol. The molecular formula is C35H31N. The van der Waals surface area contributed by atoms with Gasteiger partial charge in [-0.15, -0.1) is 0 Å². The molecule has 4 aromatic carbocycles. The van der Waals surface area contributed by atoms with Gasteiger partial charge in [-0.3, -0.25) is 4.98 Å². The lowest BCUT2D eigenvalue weighted by atomic mass is 9.75. The summed E-state index contributed by atoms with van der Waals surface area (Å²) in [6.07, 6.45) is 4.34. The van der Waals surface area contributed by atoms with Crippen LogP contribution in [0.2, 0.25) is 0 Å². The third-order valence-corrected chi connectivity index (χ3v) is 7.67. The van der Waals surface area contributed by atoms with Gasteiger partial charge in [-0.2, -0.15) is 0 Å². The van der Waals surface area contributed by atoms with Crippen LogP contribution >= 0.6 is 0 Å². The molecule has 176 valence electrons. The third-order valence-electron chi connectivity index (χ3n) is 7.67. The lowest BCUT2D eigenvalue weighted by Gasteiger charge is -2.28. The Balaban J connectivity index is 1.63. The maximum absolute atomic E-state index is 4.93. The summed E-state index contributed by atoms with van der Waals surface area (Å²) in [6.45, 7) is 9.21. The van der Waals surface area contributed by atoms with Crippen molar-refractivity contribution >= 4 is 22.4 Å². The summed E-state index contributed by atoms with van der Waals surface area (Å²) in [7, 11) is 0. The quantitative estimate of drug-likeness (QED) is 0.257. The molecule has 5 aromatic rings. The first-order valence-electron chi connectivity index (χ1n) is 12.8. The number of benzene rings is 4. The molecule has 0 spiro atoms. The Bertz CT molecular complexity index is 1610. The summed E-state index contributed by atoms with van der Waals surface area (Å²) >= 11 is 0. The van der Waals surface area contributed by atoms with Crippen molar-refractivity contribution in [1.82, 2.24) is 4.98 Å². The zero-order valence-corrected chi connectivity index (χ0v) is 21.4. The molecule has 0 saturated heterocycles. The molecule has 36 heavy (non-hydrogen) atoms. The minimum absolute atomic E-state index is 0.114.